The van der Waals surface area contributed by atoms with Crippen LogP contribution < -0.4 is 5.32 Å². The summed E-state index contributed by atoms with van der Waals surface area (Å²) in [6.07, 6.45) is 3.19. The van der Waals surface area contributed by atoms with Crippen molar-refractivity contribution in [1.29, 1.82) is 5.26 Å². The highest BCUT2D eigenvalue weighted by Crippen LogP contribution is 2.10. The normalized spacial score (nSPS) is 12.1. The maximum absolute atomic E-state index is 13.1. The Kier molecular flexibility index (Phi) is 6.03. The van der Waals surface area contributed by atoms with Crippen molar-refractivity contribution in [3.8, 4) is 6.07 Å². The van der Waals surface area contributed by atoms with E-state index in [4.69, 9.17) is 5.26 Å². The van der Waals surface area contributed by atoms with Crippen molar-refractivity contribution in [3.63, 3.8) is 0 Å². The predicted molar refractivity (Wildman–Crippen MR) is 70.4 cm³/mol. The summed E-state index contributed by atoms with van der Waals surface area (Å²) < 4.78 is 13.1. The molecule has 0 aliphatic carbocycles. The summed E-state index contributed by atoms with van der Waals surface area (Å²) in [4.78, 5) is 0. The molecule has 92 valence electrons. The summed E-state index contributed by atoms with van der Waals surface area (Å²) in [6, 6.07) is 6.94. The first-order valence-corrected chi connectivity index (χ1v) is 6.97. The molecule has 2 nitrogen and oxygen atoms in total. The van der Waals surface area contributed by atoms with Gasteiger partial charge in [0.15, 0.2) is 0 Å². The van der Waals surface area contributed by atoms with Gasteiger partial charge < -0.3 is 5.32 Å². The zero-order chi connectivity index (χ0) is 12.7. The van der Waals surface area contributed by atoms with Gasteiger partial charge in [-0.2, -0.15) is 17.0 Å². The van der Waals surface area contributed by atoms with Gasteiger partial charge in [0.05, 0.1) is 5.56 Å². The van der Waals surface area contributed by atoms with E-state index in [0.717, 1.165) is 17.7 Å². The molecule has 17 heavy (non-hydrogen) atoms. The molecule has 0 spiro atoms. The second-order valence-corrected chi connectivity index (χ2v) is 4.98. The van der Waals surface area contributed by atoms with Crippen molar-refractivity contribution in [2.75, 3.05) is 12.0 Å². The minimum Gasteiger partial charge on any atom is -0.310 e. The molecule has 1 unspecified atom stereocenters. The van der Waals surface area contributed by atoms with Crippen LogP contribution in [0.25, 0.3) is 0 Å². The summed E-state index contributed by atoms with van der Waals surface area (Å²) in [7, 11) is 0. The van der Waals surface area contributed by atoms with Crippen molar-refractivity contribution >= 4 is 11.8 Å². The van der Waals surface area contributed by atoms with Crippen LogP contribution in [-0.4, -0.2) is 18.1 Å². The smallest absolute Gasteiger partial charge is 0.140 e. The number of thioether (sulfide) groups is 1. The highest BCUT2D eigenvalue weighted by molar-refractivity contribution is 7.98. The fourth-order valence-electron chi connectivity index (χ4n) is 1.46. The zero-order valence-electron chi connectivity index (χ0n) is 10.2. The number of hydrogen-bond acceptors (Lipinski definition) is 3. The molecule has 0 aromatic heterocycles. The van der Waals surface area contributed by atoms with E-state index in [2.05, 4.69) is 18.5 Å². The lowest BCUT2D eigenvalue weighted by Gasteiger charge is -2.13. The third kappa shape index (κ3) is 4.76. The Morgan fingerprint density at radius 1 is 1.53 bits per heavy atom. The Morgan fingerprint density at radius 2 is 2.29 bits per heavy atom. The van der Waals surface area contributed by atoms with Gasteiger partial charge >= 0.3 is 0 Å². The molecule has 0 radical (unpaired) electrons. The van der Waals surface area contributed by atoms with Gasteiger partial charge in [0.1, 0.15) is 11.9 Å². The molecule has 0 saturated heterocycles. The molecule has 0 saturated carbocycles. The third-order valence-electron chi connectivity index (χ3n) is 2.56. The van der Waals surface area contributed by atoms with Crippen LogP contribution in [0.5, 0.6) is 0 Å². The molecule has 0 amide bonds. The van der Waals surface area contributed by atoms with Gasteiger partial charge in [-0.3, -0.25) is 0 Å². The Labute approximate surface area is 106 Å². The third-order valence-corrected chi connectivity index (χ3v) is 3.20. The Bertz CT molecular complexity index is 401. The predicted octanol–water partition coefficient (Wildman–Crippen LogP) is 2.93. The summed E-state index contributed by atoms with van der Waals surface area (Å²) in [5.41, 5.74) is 1.06. The maximum Gasteiger partial charge on any atom is 0.140 e. The number of nitrogens with one attached hydrogen (secondary N) is 1. The van der Waals surface area contributed by atoms with Crippen LogP contribution in [0.3, 0.4) is 0 Å². The summed E-state index contributed by atoms with van der Waals surface area (Å²) in [5, 5.41) is 12.1. The molecule has 1 N–H and O–H groups in total. The van der Waals surface area contributed by atoms with E-state index in [9.17, 15) is 4.39 Å². The average molecular weight is 252 g/mol. The minimum absolute atomic E-state index is 0.112. The first-order chi connectivity index (χ1) is 8.17. The second kappa shape index (κ2) is 7.31. The number of nitrogens with zero attached hydrogens (tertiary/aromatic N) is 1. The lowest BCUT2D eigenvalue weighted by molar-refractivity contribution is 0.536. The number of rotatable bonds is 6. The summed E-state index contributed by atoms with van der Waals surface area (Å²) >= 11 is 1.83. The van der Waals surface area contributed by atoms with E-state index < -0.39 is 5.82 Å². The van der Waals surface area contributed by atoms with Crippen molar-refractivity contribution in [1.82, 2.24) is 5.32 Å². The first-order valence-electron chi connectivity index (χ1n) is 5.58. The van der Waals surface area contributed by atoms with Crippen molar-refractivity contribution in [2.45, 2.75) is 25.9 Å². The molecule has 0 fully saturated rings. The zero-order valence-corrected chi connectivity index (χ0v) is 11.0. The van der Waals surface area contributed by atoms with E-state index >= 15 is 0 Å². The SMILES string of the molecule is CSCCC(C)NCc1ccc(F)c(C#N)c1. The topological polar surface area (TPSA) is 35.8 Å². The van der Waals surface area contributed by atoms with E-state index in [0.29, 0.717) is 12.6 Å². The highest BCUT2D eigenvalue weighted by Gasteiger charge is 2.04. The molecule has 1 atom stereocenters. The van der Waals surface area contributed by atoms with Gasteiger partial charge in [0.2, 0.25) is 0 Å². The quantitative estimate of drug-likeness (QED) is 0.845. The maximum atomic E-state index is 13.1. The molecule has 1 aromatic carbocycles. The van der Waals surface area contributed by atoms with Crippen LogP contribution in [0.15, 0.2) is 18.2 Å². The van der Waals surface area contributed by atoms with Crippen LogP contribution in [0.4, 0.5) is 4.39 Å². The number of nitriles is 1. The highest BCUT2D eigenvalue weighted by atomic mass is 32.2. The molecule has 0 bridgehead atoms. The van der Waals surface area contributed by atoms with Crippen LogP contribution in [0.2, 0.25) is 0 Å². The summed E-state index contributed by atoms with van der Waals surface area (Å²) in [5.74, 6) is 0.674. The number of halogens is 1. The minimum atomic E-state index is -0.452. The van der Waals surface area contributed by atoms with Crippen molar-refractivity contribution in [3.05, 3.63) is 35.1 Å². The van der Waals surface area contributed by atoms with Gasteiger partial charge in [0.25, 0.3) is 0 Å². The largest absolute Gasteiger partial charge is 0.310 e. The molecule has 1 rings (SSSR count). The average Bonchev–Trinajstić information content (AvgIpc) is 2.35. The molecule has 4 heteroatoms. The first kappa shape index (κ1) is 14.0. The Hall–Kier alpha value is -1.05. The summed E-state index contributed by atoms with van der Waals surface area (Å²) in [6.45, 7) is 2.80. The van der Waals surface area contributed by atoms with Crippen molar-refractivity contribution < 1.29 is 4.39 Å². The van der Waals surface area contributed by atoms with Gasteiger partial charge in [0, 0.05) is 12.6 Å². The fraction of sp³-hybridized carbons (Fsp3) is 0.462. The van der Waals surface area contributed by atoms with Crippen LogP contribution in [0, 0.1) is 17.1 Å². The standard InChI is InChI=1S/C13H17FN2S/c1-10(5-6-17-2)16-9-11-3-4-13(14)12(7-11)8-15/h3-4,7,10,16H,5-6,9H2,1-2H3. The molecule has 0 aliphatic rings. The van der Waals surface area contributed by atoms with Crippen LogP contribution in [0.1, 0.15) is 24.5 Å². The fourth-order valence-corrected chi connectivity index (χ4v) is 2.05. The van der Waals surface area contributed by atoms with Gasteiger partial charge in [-0.05, 0) is 43.0 Å². The molecule has 0 aliphatic heterocycles. The van der Waals surface area contributed by atoms with Gasteiger partial charge in [-0.25, -0.2) is 4.39 Å². The second-order valence-electron chi connectivity index (χ2n) is 3.99. The Morgan fingerprint density at radius 3 is 2.94 bits per heavy atom. The van der Waals surface area contributed by atoms with Crippen LogP contribution >= 0.6 is 11.8 Å². The molecule has 1 aromatic rings. The Balaban J connectivity index is 2.50. The number of hydrogen-bond donors (Lipinski definition) is 1. The lowest BCUT2D eigenvalue weighted by atomic mass is 10.1. The molecular weight excluding hydrogens is 235 g/mol. The van der Waals surface area contributed by atoms with E-state index in [1.54, 1.807) is 12.1 Å². The van der Waals surface area contributed by atoms with Crippen molar-refractivity contribution in [2.24, 2.45) is 0 Å². The van der Waals surface area contributed by atoms with E-state index in [1.807, 2.05) is 17.8 Å². The van der Waals surface area contributed by atoms with Gasteiger partial charge in [-0.1, -0.05) is 6.07 Å². The van der Waals surface area contributed by atoms with E-state index in [1.165, 1.54) is 6.07 Å². The molecular formula is C13H17FN2S. The lowest BCUT2D eigenvalue weighted by Crippen LogP contribution is -2.26. The van der Waals surface area contributed by atoms with Gasteiger partial charge in [-0.15, -0.1) is 0 Å². The monoisotopic (exact) mass is 252 g/mol. The van der Waals surface area contributed by atoms with E-state index in [-0.39, 0.29) is 5.56 Å². The molecule has 0 heterocycles. The van der Waals surface area contributed by atoms with Crippen LogP contribution in [-0.2, 0) is 6.54 Å². The number of benzene rings is 1.